The van der Waals surface area contributed by atoms with Gasteiger partial charge in [0.25, 0.3) is 0 Å². The summed E-state index contributed by atoms with van der Waals surface area (Å²) in [5, 5.41) is 34.8. The van der Waals surface area contributed by atoms with Gasteiger partial charge in [0.1, 0.15) is 11.5 Å². The molecule has 2 N–H and O–H groups in total. The van der Waals surface area contributed by atoms with Crippen LogP contribution in [0.15, 0.2) is 206 Å². The SMILES string of the molecule is COc1ccccc1-c1cc2c3cc(-c4ccc5c(-c6ccccc6OC)cc6c7ccccc7c(-c7ccccc7CO)cc6c5c4)ccc3c(-c3ccccc3CO)cc2c2ccccc12. The Morgan fingerprint density at radius 3 is 0.956 bits per heavy atom. The molecule has 68 heavy (non-hydrogen) atoms. The zero-order chi connectivity index (χ0) is 45.9. The average molecular weight is 879 g/mol. The van der Waals surface area contributed by atoms with Crippen LogP contribution in [-0.2, 0) is 13.2 Å². The molecule has 0 saturated heterocycles. The summed E-state index contributed by atoms with van der Waals surface area (Å²) in [6.45, 7) is -0.119. The fraction of sp³-hybridized carbons (Fsp3) is 0.0625. The highest BCUT2D eigenvalue weighted by atomic mass is 16.5. The maximum absolute atomic E-state index is 10.7. The van der Waals surface area contributed by atoms with Crippen molar-refractivity contribution in [3.8, 4) is 67.1 Å². The van der Waals surface area contributed by atoms with E-state index in [0.717, 1.165) is 143 Å². The third kappa shape index (κ3) is 6.60. The molecule has 0 unspecified atom stereocenters. The van der Waals surface area contributed by atoms with E-state index in [0.29, 0.717) is 0 Å². The van der Waals surface area contributed by atoms with Gasteiger partial charge in [0.05, 0.1) is 27.4 Å². The minimum absolute atomic E-state index is 0.0553. The smallest absolute Gasteiger partial charge is 0.126 e. The first-order valence-electron chi connectivity index (χ1n) is 23.1. The van der Waals surface area contributed by atoms with Crippen molar-refractivity contribution in [1.29, 1.82) is 0 Å². The van der Waals surface area contributed by atoms with Crippen LogP contribution < -0.4 is 9.47 Å². The van der Waals surface area contributed by atoms with Crippen LogP contribution in [0, 0.1) is 0 Å². The van der Waals surface area contributed by atoms with Gasteiger partial charge in [0.2, 0.25) is 0 Å². The Kier molecular flexibility index (Phi) is 10.2. The van der Waals surface area contributed by atoms with Crippen LogP contribution in [0.4, 0.5) is 0 Å². The standard InChI is InChI=1S/C64H46O4/c1-67-63-25-13-11-23-51(63)57-36-62-53-31-39(27-29-49(53)56(44-18-6-4-16-42(44)38-66)33-59(62)48-22-10-8-20-46(48)57)40-28-30-50-54(32-40)61-34-55(43-17-5-3-15-41(43)37-65)45-19-7-9-21-47(45)60(61)35-58(50)52-24-12-14-26-64(52)68-2/h3-36,65-66H,37-38H2,1-2H3. The lowest BCUT2D eigenvalue weighted by molar-refractivity contribution is 0.282. The second-order valence-electron chi connectivity index (χ2n) is 17.5. The van der Waals surface area contributed by atoms with Crippen molar-refractivity contribution in [2.75, 3.05) is 14.2 Å². The second-order valence-corrected chi connectivity index (χ2v) is 17.5. The molecule has 12 aromatic rings. The van der Waals surface area contributed by atoms with E-state index in [2.05, 4.69) is 152 Å². The molecule has 12 aromatic carbocycles. The molecule has 326 valence electrons. The molecule has 0 amide bonds. The largest absolute Gasteiger partial charge is 0.496 e. The number of hydrogen-bond acceptors (Lipinski definition) is 4. The summed E-state index contributed by atoms with van der Waals surface area (Å²) in [4.78, 5) is 0. The number of para-hydroxylation sites is 2. The van der Waals surface area contributed by atoms with Crippen molar-refractivity contribution in [1.82, 2.24) is 0 Å². The van der Waals surface area contributed by atoms with Gasteiger partial charge in [-0.1, -0.05) is 158 Å². The lowest BCUT2D eigenvalue weighted by Gasteiger charge is -2.19. The molecule has 0 bridgehead atoms. The summed E-state index contributed by atoms with van der Waals surface area (Å²) in [7, 11) is 3.47. The summed E-state index contributed by atoms with van der Waals surface area (Å²) in [5.41, 5.74) is 12.4. The van der Waals surface area contributed by atoms with Gasteiger partial charge in [0, 0.05) is 11.1 Å². The summed E-state index contributed by atoms with van der Waals surface area (Å²) in [6, 6.07) is 73.2. The van der Waals surface area contributed by atoms with Gasteiger partial charge < -0.3 is 19.7 Å². The Balaban J connectivity index is 1.19. The number of aliphatic hydroxyl groups excluding tert-OH is 2. The predicted octanol–water partition coefficient (Wildman–Crippen LogP) is 15.9. The molecule has 0 fully saturated rings. The van der Waals surface area contributed by atoms with E-state index in [9.17, 15) is 10.2 Å². The molecule has 0 atom stereocenters. The zero-order valence-electron chi connectivity index (χ0n) is 37.8. The molecule has 0 spiro atoms. The Hall–Kier alpha value is -8.28. The maximum atomic E-state index is 10.7. The Morgan fingerprint density at radius 1 is 0.265 bits per heavy atom. The second kappa shape index (κ2) is 16.9. The molecule has 4 nitrogen and oxygen atoms in total. The van der Waals surface area contributed by atoms with E-state index in [1.54, 1.807) is 14.2 Å². The molecule has 0 saturated carbocycles. The normalized spacial score (nSPS) is 11.6. The highest BCUT2D eigenvalue weighted by Gasteiger charge is 2.21. The highest BCUT2D eigenvalue weighted by molar-refractivity contribution is 6.26. The van der Waals surface area contributed by atoms with Gasteiger partial charge in [-0.25, -0.2) is 0 Å². The number of hydrogen-bond donors (Lipinski definition) is 2. The van der Waals surface area contributed by atoms with Crippen LogP contribution in [0.25, 0.3) is 120 Å². The van der Waals surface area contributed by atoms with Crippen molar-refractivity contribution in [2.45, 2.75) is 13.2 Å². The van der Waals surface area contributed by atoms with E-state index >= 15 is 0 Å². The van der Waals surface area contributed by atoms with Crippen LogP contribution in [0.1, 0.15) is 11.1 Å². The van der Waals surface area contributed by atoms with Crippen molar-refractivity contribution in [2.24, 2.45) is 0 Å². The number of aliphatic hydroxyl groups is 2. The maximum Gasteiger partial charge on any atom is 0.126 e. The highest BCUT2D eigenvalue weighted by Crippen LogP contribution is 2.48. The molecule has 0 heterocycles. The molecule has 0 aliphatic carbocycles. The predicted molar refractivity (Wildman–Crippen MR) is 284 cm³/mol. The summed E-state index contributed by atoms with van der Waals surface area (Å²) in [5.74, 6) is 1.64. The molecule has 0 aliphatic heterocycles. The fourth-order valence-electron chi connectivity index (χ4n) is 10.8. The van der Waals surface area contributed by atoms with Crippen molar-refractivity contribution in [3.63, 3.8) is 0 Å². The van der Waals surface area contributed by atoms with E-state index < -0.39 is 0 Å². The molecule has 0 aliphatic rings. The molecular formula is C64H46O4. The van der Waals surface area contributed by atoms with Crippen LogP contribution in [0.3, 0.4) is 0 Å². The van der Waals surface area contributed by atoms with E-state index in [-0.39, 0.29) is 13.2 Å². The topological polar surface area (TPSA) is 58.9 Å². The van der Waals surface area contributed by atoms with Crippen LogP contribution in [0.5, 0.6) is 11.5 Å². The lowest BCUT2D eigenvalue weighted by Crippen LogP contribution is -1.94. The third-order valence-corrected chi connectivity index (χ3v) is 14.0. The number of methoxy groups -OCH3 is 2. The molecular weight excluding hydrogens is 833 g/mol. The van der Waals surface area contributed by atoms with Crippen LogP contribution >= 0.6 is 0 Å². The number of benzene rings is 12. The Morgan fingerprint density at radius 2 is 0.559 bits per heavy atom. The average Bonchev–Trinajstić information content (AvgIpc) is 3.41. The van der Waals surface area contributed by atoms with Gasteiger partial charge in [-0.2, -0.15) is 0 Å². The lowest BCUT2D eigenvalue weighted by atomic mass is 9.84. The first-order chi connectivity index (χ1) is 33.6. The molecule has 12 rings (SSSR count). The number of ether oxygens (including phenoxy) is 2. The fourth-order valence-corrected chi connectivity index (χ4v) is 10.8. The van der Waals surface area contributed by atoms with Gasteiger partial charge >= 0.3 is 0 Å². The first kappa shape index (κ1) is 41.2. The first-order valence-corrected chi connectivity index (χ1v) is 23.1. The summed E-state index contributed by atoms with van der Waals surface area (Å²) >= 11 is 0. The van der Waals surface area contributed by atoms with Gasteiger partial charge in [0.15, 0.2) is 0 Å². The molecule has 0 radical (unpaired) electrons. The monoisotopic (exact) mass is 878 g/mol. The minimum atomic E-state index is -0.0637. The van der Waals surface area contributed by atoms with Crippen LogP contribution in [-0.4, -0.2) is 24.4 Å². The van der Waals surface area contributed by atoms with E-state index in [1.165, 1.54) is 0 Å². The van der Waals surface area contributed by atoms with E-state index in [4.69, 9.17) is 9.47 Å². The van der Waals surface area contributed by atoms with E-state index in [1.807, 2.05) is 54.6 Å². The molecule has 0 aromatic heterocycles. The third-order valence-electron chi connectivity index (χ3n) is 14.0. The zero-order valence-corrected chi connectivity index (χ0v) is 37.8. The number of fused-ring (bicyclic) bond motifs is 10. The van der Waals surface area contributed by atoms with Crippen molar-refractivity contribution < 1.29 is 19.7 Å². The van der Waals surface area contributed by atoms with Gasteiger partial charge in [-0.15, -0.1) is 0 Å². The summed E-state index contributed by atoms with van der Waals surface area (Å²) in [6.07, 6.45) is 0. The summed E-state index contributed by atoms with van der Waals surface area (Å²) < 4.78 is 12.0. The van der Waals surface area contributed by atoms with Gasteiger partial charge in [-0.3, -0.25) is 0 Å². The quantitative estimate of drug-likeness (QED) is 0.142. The Labute approximate surface area is 394 Å². The Bertz CT molecular complexity index is 3720. The van der Waals surface area contributed by atoms with Crippen molar-refractivity contribution in [3.05, 3.63) is 217 Å². The van der Waals surface area contributed by atoms with Crippen LogP contribution in [0.2, 0.25) is 0 Å². The van der Waals surface area contributed by atoms with Gasteiger partial charge in [-0.05, 0) is 169 Å². The van der Waals surface area contributed by atoms with Crippen molar-refractivity contribution >= 4 is 64.6 Å². The minimum Gasteiger partial charge on any atom is -0.496 e. The number of rotatable bonds is 9. The molecule has 4 heteroatoms.